The van der Waals surface area contributed by atoms with Crippen molar-refractivity contribution in [3.63, 3.8) is 0 Å². The number of aromatic nitrogens is 4. The summed E-state index contributed by atoms with van der Waals surface area (Å²) < 4.78 is 5.12. The minimum Gasteiger partial charge on any atom is -0.497 e. The third-order valence-corrected chi connectivity index (χ3v) is 4.51. The van der Waals surface area contributed by atoms with Crippen molar-refractivity contribution in [2.45, 2.75) is 0 Å². The second kappa shape index (κ2) is 6.51. The molecule has 1 aliphatic heterocycles. The van der Waals surface area contributed by atoms with E-state index in [0.29, 0.717) is 48.7 Å². The predicted octanol–water partition coefficient (Wildman–Crippen LogP) is 0.617. The minimum atomic E-state index is -0.226. The van der Waals surface area contributed by atoms with Crippen molar-refractivity contribution in [3.8, 4) is 5.75 Å². The van der Waals surface area contributed by atoms with Gasteiger partial charge in [0.2, 0.25) is 5.95 Å². The van der Waals surface area contributed by atoms with Crippen LogP contribution in [0.2, 0.25) is 0 Å². The molecular weight excluding hydrogens is 336 g/mol. The maximum Gasteiger partial charge on any atom is 0.263 e. The van der Waals surface area contributed by atoms with Crippen LogP contribution < -0.4 is 15.2 Å². The lowest BCUT2D eigenvalue weighted by Crippen LogP contribution is -2.49. The summed E-state index contributed by atoms with van der Waals surface area (Å²) in [5, 5.41) is 6.99. The first-order valence-corrected chi connectivity index (χ1v) is 8.27. The number of piperazine rings is 1. The van der Waals surface area contributed by atoms with Gasteiger partial charge in [-0.3, -0.25) is 19.7 Å². The standard InChI is InChI=1S/C17H18N6O3/c1-26-12-4-2-11(3-5-12)16(25)22-6-8-23(9-7-22)17-19-14-13(10-18-21-14)15(24)20-17/h2-5,10H,6-9H2,1H3,(H2,18,19,20,21,24). The van der Waals surface area contributed by atoms with Crippen molar-refractivity contribution in [1.29, 1.82) is 0 Å². The highest BCUT2D eigenvalue weighted by Crippen LogP contribution is 2.16. The van der Waals surface area contributed by atoms with Gasteiger partial charge in [0.1, 0.15) is 11.1 Å². The number of aromatic amines is 2. The Morgan fingerprint density at radius 2 is 1.88 bits per heavy atom. The van der Waals surface area contributed by atoms with Crippen LogP contribution in [0.25, 0.3) is 11.0 Å². The molecule has 1 aromatic carbocycles. The van der Waals surface area contributed by atoms with Gasteiger partial charge in [0.25, 0.3) is 11.5 Å². The number of ether oxygens (including phenoxy) is 1. The predicted molar refractivity (Wildman–Crippen MR) is 95.6 cm³/mol. The van der Waals surface area contributed by atoms with Gasteiger partial charge < -0.3 is 14.5 Å². The summed E-state index contributed by atoms with van der Waals surface area (Å²) in [6, 6.07) is 7.08. The van der Waals surface area contributed by atoms with Crippen molar-refractivity contribution in [2.24, 2.45) is 0 Å². The number of H-pyrrole nitrogens is 2. The van der Waals surface area contributed by atoms with Crippen LogP contribution in [0.5, 0.6) is 5.75 Å². The number of nitrogens with one attached hydrogen (secondary N) is 2. The lowest BCUT2D eigenvalue weighted by Gasteiger charge is -2.35. The summed E-state index contributed by atoms with van der Waals surface area (Å²) in [5.41, 5.74) is 0.862. The number of anilines is 1. The highest BCUT2D eigenvalue weighted by atomic mass is 16.5. The summed E-state index contributed by atoms with van der Waals surface area (Å²) in [5.74, 6) is 1.19. The Bertz CT molecular complexity index is 986. The van der Waals surface area contributed by atoms with Gasteiger partial charge in [0, 0.05) is 31.7 Å². The first kappa shape index (κ1) is 16.1. The first-order valence-electron chi connectivity index (χ1n) is 8.27. The molecule has 1 fully saturated rings. The molecule has 9 heteroatoms. The molecule has 26 heavy (non-hydrogen) atoms. The zero-order valence-corrected chi connectivity index (χ0v) is 14.2. The van der Waals surface area contributed by atoms with Gasteiger partial charge in [-0.15, -0.1) is 0 Å². The molecular formula is C17H18N6O3. The Labute approximate surface area is 148 Å². The second-order valence-corrected chi connectivity index (χ2v) is 6.03. The quantitative estimate of drug-likeness (QED) is 0.714. The van der Waals surface area contributed by atoms with E-state index in [0.717, 1.165) is 5.75 Å². The molecule has 0 unspecified atom stereocenters. The SMILES string of the molecule is COc1ccc(C(=O)N2CCN(c3nc4[nH]ncc4c(=O)[nH]3)CC2)cc1. The summed E-state index contributed by atoms with van der Waals surface area (Å²) >= 11 is 0. The van der Waals surface area contributed by atoms with Gasteiger partial charge in [-0.25, -0.2) is 0 Å². The number of hydrogen-bond donors (Lipinski definition) is 2. The van der Waals surface area contributed by atoms with Crippen molar-refractivity contribution in [1.82, 2.24) is 25.1 Å². The van der Waals surface area contributed by atoms with Crippen molar-refractivity contribution < 1.29 is 9.53 Å². The van der Waals surface area contributed by atoms with Gasteiger partial charge in [0.05, 0.1) is 13.3 Å². The van der Waals surface area contributed by atoms with E-state index in [2.05, 4.69) is 20.2 Å². The van der Waals surface area contributed by atoms with E-state index < -0.39 is 0 Å². The molecule has 9 nitrogen and oxygen atoms in total. The van der Waals surface area contributed by atoms with E-state index in [9.17, 15) is 9.59 Å². The summed E-state index contributed by atoms with van der Waals surface area (Å²) in [6.45, 7) is 2.28. The third kappa shape index (κ3) is 2.87. The molecule has 0 bridgehead atoms. The van der Waals surface area contributed by atoms with Crippen LogP contribution in [0.1, 0.15) is 10.4 Å². The molecule has 4 rings (SSSR count). The normalized spacial score (nSPS) is 14.7. The fourth-order valence-corrected chi connectivity index (χ4v) is 3.02. The van der Waals surface area contributed by atoms with Crippen LogP contribution in [0.3, 0.4) is 0 Å². The zero-order valence-electron chi connectivity index (χ0n) is 14.2. The lowest BCUT2D eigenvalue weighted by molar-refractivity contribution is 0.0746. The minimum absolute atomic E-state index is 0.0159. The van der Waals surface area contributed by atoms with E-state index in [1.807, 2.05) is 4.90 Å². The van der Waals surface area contributed by atoms with Gasteiger partial charge in [-0.1, -0.05) is 0 Å². The Morgan fingerprint density at radius 3 is 2.58 bits per heavy atom. The summed E-state index contributed by atoms with van der Waals surface area (Å²) in [7, 11) is 1.59. The maximum atomic E-state index is 12.6. The van der Waals surface area contributed by atoms with Gasteiger partial charge >= 0.3 is 0 Å². The Morgan fingerprint density at radius 1 is 1.15 bits per heavy atom. The smallest absolute Gasteiger partial charge is 0.263 e. The highest BCUT2D eigenvalue weighted by Gasteiger charge is 2.24. The molecule has 1 aliphatic rings. The molecule has 0 radical (unpaired) electrons. The molecule has 3 heterocycles. The Balaban J connectivity index is 1.45. The third-order valence-electron chi connectivity index (χ3n) is 4.51. The monoisotopic (exact) mass is 354 g/mol. The number of benzene rings is 1. The number of fused-ring (bicyclic) bond motifs is 1. The van der Waals surface area contributed by atoms with E-state index in [1.54, 1.807) is 36.3 Å². The molecule has 134 valence electrons. The van der Waals surface area contributed by atoms with Crippen LogP contribution in [-0.2, 0) is 0 Å². The van der Waals surface area contributed by atoms with Crippen LogP contribution >= 0.6 is 0 Å². The second-order valence-electron chi connectivity index (χ2n) is 6.03. The van der Waals surface area contributed by atoms with E-state index in [-0.39, 0.29) is 11.5 Å². The molecule has 0 aliphatic carbocycles. The van der Waals surface area contributed by atoms with Crippen LogP contribution in [0.15, 0.2) is 35.3 Å². The first-order chi connectivity index (χ1) is 12.7. The van der Waals surface area contributed by atoms with E-state index >= 15 is 0 Å². The topological polar surface area (TPSA) is 107 Å². The lowest BCUT2D eigenvalue weighted by atomic mass is 10.1. The van der Waals surface area contributed by atoms with Gasteiger partial charge in [0.15, 0.2) is 5.65 Å². The largest absolute Gasteiger partial charge is 0.497 e. The van der Waals surface area contributed by atoms with Crippen LogP contribution in [0, 0.1) is 0 Å². The fraction of sp³-hybridized carbons (Fsp3) is 0.294. The van der Waals surface area contributed by atoms with Crippen molar-refractivity contribution in [2.75, 3.05) is 38.2 Å². The Kier molecular flexibility index (Phi) is 4.04. The molecule has 0 atom stereocenters. The van der Waals surface area contributed by atoms with Crippen LogP contribution in [0.4, 0.5) is 5.95 Å². The number of amides is 1. The highest BCUT2D eigenvalue weighted by molar-refractivity contribution is 5.94. The number of methoxy groups -OCH3 is 1. The number of rotatable bonds is 3. The van der Waals surface area contributed by atoms with E-state index in [1.165, 1.54) is 6.20 Å². The number of hydrogen-bond acceptors (Lipinski definition) is 6. The number of carbonyl (C=O) groups is 1. The fourth-order valence-electron chi connectivity index (χ4n) is 3.02. The van der Waals surface area contributed by atoms with Crippen molar-refractivity contribution >= 4 is 22.9 Å². The van der Waals surface area contributed by atoms with Gasteiger partial charge in [-0.2, -0.15) is 10.1 Å². The Hall–Kier alpha value is -3.36. The molecule has 1 amide bonds. The zero-order chi connectivity index (χ0) is 18.1. The summed E-state index contributed by atoms with van der Waals surface area (Å²) in [4.78, 5) is 35.6. The average molecular weight is 354 g/mol. The molecule has 1 saturated heterocycles. The van der Waals surface area contributed by atoms with E-state index in [4.69, 9.17) is 4.74 Å². The number of carbonyl (C=O) groups excluding carboxylic acids is 1. The molecule has 0 spiro atoms. The molecule has 3 aromatic rings. The molecule has 0 saturated carbocycles. The summed E-state index contributed by atoms with van der Waals surface area (Å²) in [6.07, 6.45) is 1.45. The number of nitrogens with zero attached hydrogens (tertiary/aromatic N) is 4. The van der Waals surface area contributed by atoms with Crippen molar-refractivity contribution in [3.05, 3.63) is 46.4 Å². The molecule has 2 N–H and O–H groups in total. The average Bonchev–Trinajstić information content (AvgIpc) is 3.17. The van der Waals surface area contributed by atoms with Crippen LogP contribution in [-0.4, -0.2) is 64.3 Å². The maximum absolute atomic E-state index is 12.6. The van der Waals surface area contributed by atoms with Gasteiger partial charge in [-0.05, 0) is 24.3 Å². The molecule has 2 aromatic heterocycles.